The fourth-order valence-electron chi connectivity index (χ4n) is 11.7. The van der Waals surface area contributed by atoms with Gasteiger partial charge in [-0.2, -0.15) is 0 Å². The Morgan fingerprint density at radius 2 is 0.552 bits per heavy atom. The Morgan fingerprint density at radius 1 is 0.241 bits per heavy atom. The molecule has 0 amide bonds. The van der Waals surface area contributed by atoms with Gasteiger partial charge in [0.25, 0.3) is 0 Å². The molecule has 0 atom stereocenters. The molecule has 0 fully saturated rings. The largest absolute Gasteiger partial charge is 0.0620 e. The van der Waals surface area contributed by atoms with E-state index in [1.807, 2.05) is 0 Å². The fraction of sp³-hybridized carbons (Fsp3) is 0.103. The van der Waals surface area contributed by atoms with Crippen molar-refractivity contribution in [3.05, 3.63) is 239 Å². The van der Waals surface area contributed by atoms with Gasteiger partial charge in [-0.15, -0.1) is 0 Å². The summed E-state index contributed by atoms with van der Waals surface area (Å²) in [4.78, 5) is 0. The molecule has 0 bridgehead atoms. The minimum atomic E-state index is 0.00402. The summed E-state index contributed by atoms with van der Waals surface area (Å²) in [7, 11) is 0. The number of hydrogen-bond acceptors (Lipinski definition) is 0. The molecule has 0 heterocycles. The van der Waals surface area contributed by atoms with Crippen molar-refractivity contribution in [1.82, 2.24) is 0 Å². The van der Waals surface area contributed by atoms with Gasteiger partial charge in [-0.3, -0.25) is 0 Å². The Kier molecular flexibility index (Phi) is 6.63. The summed E-state index contributed by atoms with van der Waals surface area (Å²) in [5, 5.41) is 2.54. The van der Waals surface area contributed by atoms with Crippen molar-refractivity contribution in [2.75, 3.05) is 0 Å². The van der Waals surface area contributed by atoms with Crippen LogP contribution in [0, 0.1) is 0 Å². The predicted octanol–water partition coefficient (Wildman–Crippen LogP) is 14.0. The van der Waals surface area contributed by atoms with Crippen molar-refractivity contribution < 1.29 is 0 Å². The van der Waals surface area contributed by atoms with E-state index in [9.17, 15) is 0 Å². The van der Waals surface area contributed by atoms with Gasteiger partial charge >= 0.3 is 0 Å². The van der Waals surface area contributed by atoms with Gasteiger partial charge in [0.05, 0.1) is 0 Å². The van der Waals surface area contributed by atoms with Gasteiger partial charge in [0.2, 0.25) is 0 Å². The van der Waals surface area contributed by atoms with E-state index in [1.165, 1.54) is 111 Å². The first-order valence-electron chi connectivity index (χ1n) is 20.9. The van der Waals surface area contributed by atoms with Crippen LogP contribution in [0.4, 0.5) is 0 Å². The highest BCUT2D eigenvalue weighted by Crippen LogP contribution is 2.57. The van der Waals surface area contributed by atoms with Crippen LogP contribution in [0.2, 0.25) is 0 Å². The van der Waals surface area contributed by atoms with Crippen LogP contribution in [0.1, 0.15) is 44.5 Å². The molecule has 2 spiro atoms. The van der Waals surface area contributed by atoms with E-state index < -0.39 is 0 Å². The summed E-state index contributed by atoms with van der Waals surface area (Å²) in [6.45, 7) is 0. The monoisotopic (exact) mass is 736 g/mol. The molecule has 0 saturated carbocycles. The Hall–Kier alpha value is -6.76. The van der Waals surface area contributed by atoms with E-state index in [0.717, 1.165) is 25.7 Å². The van der Waals surface area contributed by atoms with Crippen LogP contribution >= 0.6 is 0 Å². The summed E-state index contributed by atoms with van der Waals surface area (Å²) in [5.41, 5.74) is 25.1. The second-order valence-electron chi connectivity index (χ2n) is 17.4. The summed E-state index contributed by atoms with van der Waals surface area (Å²) in [6, 6.07) is 73.9. The van der Waals surface area contributed by atoms with E-state index in [2.05, 4.69) is 194 Å². The van der Waals surface area contributed by atoms with Crippen LogP contribution in [0.25, 0.3) is 66.4 Å². The number of benzene rings is 9. The molecule has 9 aromatic rings. The molecule has 4 aliphatic carbocycles. The van der Waals surface area contributed by atoms with Gasteiger partial charge in [-0.1, -0.05) is 170 Å². The maximum atomic E-state index is 2.50. The normalized spacial score (nSPS) is 15.6. The van der Waals surface area contributed by atoms with Crippen molar-refractivity contribution in [2.45, 2.75) is 36.5 Å². The summed E-state index contributed by atoms with van der Waals surface area (Å²) in [5.74, 6) is 0. The second kappa shape index (κ2) is 11.9. The van der Waals surface area contributed by atoms with Gasteiger partial charge < -0.3 is 0 Å². The molecule has 0 heteroatoms. The predicted molar refractivity (Wildman–Crippen MR) is 240 cm³/mol. The zero-order valence-electron chi connectivity index (χ0n) is 32.3. The lowest BCUT2D eigenvalue weighted by atomic mass is 9.75. The van der Waals surface area contributed by atoms with Crippen LogP contribution in [0.3, 0.4) is 0 Å². The summed E-state index contributed by atoms with van der Waals surface area (Å²) >= 11 is 0. The molecule has 0 N–H and O–H groups in total. The second-order valence-corrected chi connectivity index (χ2v) is 17.4. The zero-order valence-corrected chi connectivity index (χ0v) is 32.3. The number of hydrogen-bond donors (Lipinski definition) is 0. The fourth-order valence-corrected chi connectivity index (χ4v) is 11.7. The minimum absolute atomic E-state index is 0.00402. The highest BCUT2D eigenvalue weighted by Gasteiger charge is 2.48. The molecular weight excluding hydrogens is 697 g/mol. The number of fused-ring (bicyclic) bond motifs is 13. The molecule has 13 rings (SSSR count). The van der Waals surface area contributed by atoms with E-state index in [4.69, 9.17) is 0 Å². The van der Waals surface area contributed by atoms with Crippen LogP contribution in [-0.2, 0) is 36.5 Å². The third-order valence-corrected chi connectivity index (χ3v) is 14.5. The third kappa shape index (κ3) is 4.52. The summed E-state index contributed by atoms with van der Waals surface area (Å²) < 4.78 is 0. The van der Waals surface area contributed by atoms with Crippen LogP contribution in [0.5, 0.6) is 0 Å². The van der Waals surface area contributed by atoms with Crippen molar-refractivity contribution in [3.63, 3.8) is 0 Å². The number of rotatable bonds is 3. The van der Waals surface area contributed by atoms with Crippen LogP contribution in [0.15, 0.2) is 194 Å². The van der Waals surface area contributed by atoms with E-state index in [-0.39, 0.29) is 10.8 Å². The molecule has 0 unspecified atom stereocenters. The van der Waals surface area contributed by atoms with E-state index >= 15 is 0 Å². The van der Waals surface area contributed by atoms with Crippen LogP contribution in [-0.4, -0.2) is 0 Å². The smallest absolute Gasteiger partial charge is 0.0296 e. The first kappa shape index (κ1) is 32.3. The molecule has 272 valence electrons. The Bertz CT molecular complexity index is 3130. The molecular formula is C58H40. The van der Waals surface area contributed by atoms with Gasteiger partial charge in [-0.25, -0.2) is 0 Å². The maximum Gasteiger partial charge on any atom is 0.0296 e. The lowest BCUT2D eigenvalue weighted by Crippen LogP contribution is -2.25. The molecule has 4 aliphatic rings. The molecule has 0 nitrogen and oxygen atoms in total. The lowest BCUT2D eigenvalue weighted by Gasteiger charge is -2.27. The van der Waals surface area contributed by atoms with Gasteiger partial charge in [-0.05, 0) is 161 Å². The molecule has 0 radical (unpaired) electrons. The first-order chi connectivity index (χ1) is 28.6. The molecule has 58 heavy (non-hydrogen) atoms. The topological polar surface area (TPSA) is 0 Å². The Labute approximate surface area is 340 Å². The Morgan fingerprint density at radius 3 is 1.00 bits per heavy atom. The quantitative estimate of drug-likeness (QED) is 0.169. The highest BCUT2D eigenvalue weighted by atomic mass is 14.5. The molecule has 0 aromatic heterocycles. The Balaban J connectivity index is 0.808. The van der Waals surface area contributed by atoms with Crippen molar-refractivity contribution >= 4 is 10.8 Å². The lowest BCUT2D eigenvalue weighted by molar-refractivity contribution is 0.563. The average Bonchev–Trinajstić information content (AvgIpc) is 4.02. The zero-order chi connectivity index (χ0) is 38.0. The highest BCUT2D eigenvalue weighted by molar-refractivity contribution is 5.93. The summed E-state index contributed by atoms with van der Waals surface area (Å²) in [6.07, 6.45) is 4.26. The molecule has 0 saturated heterocycles. The van der Waals surface area contributed by atoms with E-state index in [1.54, 1.807) is 0 Å². The molecule has 9 aromatic carbocycles. The van der Waals surface area contributed by atoms with Gasteiger partial charge in [0, 0.05) is 10.8 Å². The average molecular weight is 737 g/mol. The van der Waals surface area contributed by atoms with Crippen molar-refractivity contribution in [2.24, 2.45) is 0 Å². The van der Waals surface area contributed by atoms with Crippen molar-refractivity contribution in [1.29, 1.82) is 0 Å². The third-order valence-electron chi connectivity index (χ3n) is 14.5. The SMILES string of the molecule is c1ccc2c(c1)CC1(C2)c2ccccc2-c2ccc(-c3ccc(-c4ccc5cc(-c6ccc7c(c6)C6(Cc8ccccc8C6)c6ccccc6-7)ccc5c4)cc3)cc21. The van der Waals surface area contributed by atoms with Crippen molar-refractivity contribution in [3.8, 4) is 55.6 Å². The van der Waals surface area contributed by atoms with Gasteiger partial charge in [0.15, 0.2) is 0 Å². The maximum absolute atomic E-state index is 2.50. The molecule has 0 aliphatic heterocycles. The minimum Gasteiger partial charge on any atom is -0.0620 e. The standard InChI is InChI=1S/C58H40/c1-2-10-46-34-57(33-45(46)9-1)53-15-7-5-13-49(53)51-27-25-43(31-55(51)57)38-19-17-37(18-20-38)39-21-22-41-30-42(24-23-40(41)29-39)44-26-28-52-50-14-6-8-16-54(50)58(56(52)32-44)35-47-11-3-4-12-48(47)36-58/h1-32H,33-36H2. The van der Waals surface area contributed by atoms with Gasteiger partial charge in [0.1, 0.15) is 0 Å². The first-order valence-corrected chi connectivity index (χ1v) is 20.9. The van der Waals surface area contributed by atoms with E-state index in [0.29, 0.717) is 0 Å². The van der Waals surface area contributed by atoms with Crippen LogP contribution < -0.4 is 0 Å².